The number of ether oxygens (including phenoxy) is 1. The summed E-state index contributed by atoms with van der Waals surface area (Å²) in [7, 11) is 1.67. The van der Waals surface area contributed by atoms with Gasteiger partial charge in [0.25, 0.3) is 0 Å². The first-order chi connectivity index (χ1) is 7.70. The fourth-order valence-electron chi connectivity index (χ4n) is 2.29. The predicted octanol–water partition coefficient (Wildman–Crippen LogP) is 3.23. The molecule has 0 spiro atoms. The van der Waals surface area contributed by atoms with Crippen LogP contribution in [0, 0.1) is 12.8 Å². The number of benzene rings is 1. The second kappa shape index (κ2) is 4.88. The molecule has 1 atom stereocenters. The number of rotatable bonds is 4. The molecule has 88 valence electrons. The predicted molar refractivity (Wildman–Crippen MR) is 64.6 cm³/mol. The van der Waals surface area contributed by atoms with Gasteiger partial charge in [-0.2, -0.15) is 0 Å². The number of aryl methyl sites for hydroxylation is 1. The van der Waals surface area contributed by atoms with Crippen LogP contribution in [0.4, 0.5) is 0 Å². The summed E-state index contributed by atoms with van der Waals surface area (Å²) in [5.41, 5.74) is 2.11. The van der Waals surface area contributed by atoms with Gasteiger partial charge in [0, 0.05) is 0 Å². The molecule has 1 fully saturated rings. The summed E-state index contributed by atoms with van der Waals surface area (Å²) >= 11 is 0. The summed E-state index contributed by atoms with van der Waals surface area (Å²) in [5.74, 6) is 1.62. The van der Waals surface area contributed by atoms with E-state index in [0.717, 1.165) is 29.2 Å². The summed E-state index contributed by atoms with van der Waals surface area (Å²) in [6.45, 7) is 2.01. The summed E-state index contributed by atoms with van der Waals surface area (Å²) in [4.78, 5) is 0. The zero-order valence-corrected chi connectivity index (χ0v) is 10.1. The van der Waals surface area contributed by atoms with Gasteiger partial charge in [0.2, 0.25) is 0 Å². The Hall–Kier alpha value is -1.02. The van der Waals surface area contributed by atoms with E-state index in [0.29, 0.717) is 0 Å². The van der Waals surface area contributed by atoms with E-state index in [-0.39, 0.29) is 6.10 Å². The number of hydrogen-bond donors (Lipinski definition) is 1. The van der Waals surface area contributed by atoms with E-state index in [1.54, 1.807) is 7.11 Å². The van der Waals surface area contributed by atoms with Gasteiger partial charge in [-0.15, -0.1) is 0 Å². The van der Waals surface area contributed by atoms with Crippen LogP contribution in [0.2, 0.25) is 0 Å². The van der Waals surface area contributed by atoms with Gasteiger partial charge in [-0.1, -0.05) is 25.3 Å². The molecular weight excluding hydrogens is 200 g/mol. The van der Waals surface area contributed by atoms with Crippen LogP contribution < -0.4 is 4.74 Å². The molecule has 0 aliphatic heterocycles. The second-order valence-corrected chi connectivity index (χ2v) is 4.78. The molecule has 16 heavy (non-hydrogen) atoms. The highest BCUT2D eigenvalue weighted by Crippen LogP contribution is 2.35. The smallest absolute Gasteiger partial charge is 0.121 e. The fourth-order valence-corrected chi connectivity index (χ4v) is 2.29. The van der Waals surface area contributed by atoms with Crippen molar-refractivity contribution in [1.29, 1.82) is 0 Å². The molecule has 1 N–H and O–H groups in total. The van der Waals surface area contributed by atoms with Gasteiger partial charge in [0.05, 0.1) is 13.2 Å². The van der Waals surface area contributed by atoms with Gasteiger partial charge >= 0.3 is 0 Å². The monoisotopic (exact) mass is 220 g/mol. The first-order valence-electron chi connectivity index (χ1n) is 6.03. The Kier molecular flexibility index (Phi) is 3.49. The molecule has 1 aliphatic carbocycles. The average molecular weight is 220 g/mol. The topological polar surface area (TPSA) is 29.5 Å². The van der Waals surface area contributed by atoms with Crippen molar-refractivity contribution in [2.75, 3.05) is 7.11 Å². The van der Waals surface area contributed by atoms with Crippen LogP contribution in [0.3, 0.4) is 0 Å². The van der Waals surface area contributed by atoms with Gasteiger partial charge in [-0.05, 0) is 42.5 Å². The van der Waals surface area contributed by atoms with Gasteiger partial charge in [0.15, 0.2) is 0 Å². The fraction of sp³-hybridized carbons (Fsp3) is 0.571. The van der Waals surface area contributed by atoms with Crippen LogP contribution in [0.5, 0.6) is 5.75 Å². The Balaban J connectivity index is 2.04. The molecule has 1 unspecified atom stereocenters. The molecule has 0 radical (unpaired) electrons. The molecule has 0 amide bonds. The molecule has 1 aliphatic rings. The molecule has 0 bridgehead atoms. The summed E-state index contributed by atoms with van der Waals surface area (Å²) in [6.07, 6.45) is 4.50. The largest absolute Gasteiger partial charge is 0.496 e. The van der Waals surface area contributed by atoms with Crippen molar-refractivity contribution >= 4 is 0 Å². The molecule has 2 nitrogen and oxygen atoms in total. The molecule has 2 rings (SSSR count). The van der Waals surface area contributed by atoms with Crippen molar-refractivity contribution in [3.63, 3.8) is 0 Å². The van der Waals surface area contributed by atoms with Gasteiger partial charge in [0.1, 0.15) is 5.75 Å². The van der Waals surface area contributed by atoms with Crippen LogP contribution in [0.25, 0.3) is 0 Å². The number of methoxy groups -OCH3 is 1. The third-order valence-electron chi connectivity index (χ3n) is 3.59. The van der Waals surface area contributed by atoms with Crippen LogP contribution >= 0.6 is 0 Å². The van der Waals surface area contributed by atoms with Gasteiger partial charge in [-0.3, -0.25) is 0 Å². The first-order valence-corrected chi connectivity index (χ1v) is 6.03. The lowest BCUT2D eigenvalue weighted by Crippen LogP contribution is -2.14. The third kappa shape index (κ3) is 2.38. The maximum Gasteiger partial charge on any atom is 0.121 e. The van der Waals surface area contributed by atoms with Crippen molar-refractivity contribution in [3.05, 3.63) is 29.3 Å². The molecule has 2 heteroatoms. The van der Waals surface area contributed by atoms with Crippen molar-refractivity contribution in [2.24, 2.45) is 5.92 Å². The Morgan fingerprint density at radius 3 is 2.69 bits per heavy atom. The quantitative estimate of drug-likeness (QED) is 0.844. The van der Waals surface area contributed by atoms with Crippen LogP contribution in [0.1, 0.15) is 42.9 Å². The minimum atomic E-state index is -0.310. The molecule has 1 aromatic rings. The van der Waals surface area contributed by atoms with Crippen LogP contribution in [0.15, 0.2) is 18.2 Å². The minimum Gasteiger partial charge on any atom is -0.496 e. The maximum absolute atomic E-state index is 10.1. The summed E-state index contributed by atoms with van der Waals surface area (Å²) < 4.78 is 5.21. The highest BCUT2D eigenvalue weighted by molar-refractivity contribution is 5.36. The highest BCUT2D eigenvalue weighted by atomic mass is 16.5. The lowest BCUT2D eigenvalue weighted by molar-refractivity contribution is 0.118. The van der Waals surface area contributed by atoms with Crippen LogP contribution in [-0.2, 0) is 0 Å². The van der Waals surface area contributed by atoms with E-state index in [4.69, 9.17) is 4.74 Å². The summed E-state index contributed by atoms with van der Waals surface area (Å²) in [6, 6.07) is 5.94. The Labute approximate surface area is 97.3 Å². The number of aliphatic hydroxyl groups is 1. The molecular formula is C14H20O2. The summed E-state index contributed by atoms with van der Waals surface area (Å²) in [5, 5.41) is 10.1. The minimum absolute atomic E-state index is 0.310. The lowest BCUT2D eigenvalue weighted by atomic mass is 9.80. The molecule has 0 heterocycles. The van der Waals surface area contributed by atoms with E-state index >= 15 is 0 Å². The highest BCUT2D eigenvalue weighted by Gasteiger charge is 2.21. The standard InChI is InChI=1S/C14H20O2/c1-10-8-12(6-7-14(10)16-2)13(15)9-11-4-3-5-11/h6-8,11,13,15H,3-5,9H2,1-2H3. The Morgan fingerprint density at radius 2 is 2.19 bits per heavy atom. The second-order valence-electron chi connectivity index (χ2n) is 4.78. The molecule has 0 saturated heterocycles. The maximum atomic E-state index is 10.1. The van der Waals surface area contributed by atoms with E-state index < -0.39 is 0 Å². The van der Waals surface area contributed by atoms with Gasteiger partial charge in [-0.25, -0.2) is 0 Å². The normalized spacial score (nSPS) is 17.9. The first kappa shape index (κ1) is 11.5. The van der Waals surface area contributed by atoms with E-state index in [2.05, 4.69) is 0 Å². The van der Waals surface area contributed by atoms with Crippen molar-refractivity contribution in [3.8, 4) is 5.75 Å². The Morgan fingerprint density at radius 1 is 1.44 bits per heavy atom. The van der Waals surface area contributed by atoms with Crippen molar-refractivity contribution in [1.82, 2.24) is 0 Å². The average Bonchev–Trinajstić information content (AvgIpc) is 2.23. The zero-order chi connectivity index (χ0) is 11.5. The van der Waals surface area contributed by atoms with E-state index in [1.165, 1.54) is 19.3 Å². The van der Waals surface area contributed by atoms with Crippen molar-refractivity contribution in [2.45, 2.75) is 38.7 Å². The van der Waals surface area contributed by atoms with Crippen LogP contribution in [-0.4, -0.2) is 12.2 Å². The lowest BCUT2D eigenvalue weighted by Gasteiger charge is -2.27. The van der Waals surface area contributed by atoms with Crippen molar-refractivity contribution < 1.29 is 9.84 Å². The number of aliphatic hydroxyl groups excluding tert-OH is 1. The SMILES string of the molecule is COc1ccc(C(O)CC2CCC2)cc1C. The molecule has 1 aromatic carbocycles. The third-order valence-corrected chi connectivity index (χ3v) is 3.59. The zero-order valence-electron chi connectivity index (χ0n) is 10.1. The van der Waals surface area contributed by atoms with Gasteiger partial charge < -0.3 is 9.84 Å². The number of hydrogen-bond acceptors (Lipinski definition) is 2. The van der Waals surface area contributed by atoms with E-state index in [9.17, 15) is 5.11 Å². The molecule has 1 saturated carbocycles. The Bertz CT molecular complexity index is 356. The molecule has 0 aromatic heterocycles. The van der Waals surface area contributed by atoms with E-state index in [1.807, 2.05) is 25.1 Å².